The Morgan fingerprint density at radius 2 is 1.50 bits per heavy atom. The molecule has 0 N–H and O–H groups in total. The molecule has 0 aromatic heterocycles. The number of hydrogen-bond acceptors (Lipinski definition) is 0. The summed E-state index contributed by atoms with van der Waals surface area (Å²) < 4.78 is 0. The van der Waals surface area contributed by atoms with Gasteiger partial charge in [0.25, 0.3) is 0 Å². The van der Waals surface area contributed by atoms with Gasteiger partial charge in [-0.15, -0.1) is 0 Å². The first-order valence-electron chi connectivity index (χ1n) is 5.29. The van der Waals surface area contributed by atoms with Crippen LogP contribution < -0.4 is 0 Å². The molecule has 2 unspecified atom stereocenters. The monoisotopic (exact) mass is 234 g/mol. The van der Waals surface area contributed by atoms with Crippen LogP contribution in [0.4, 0.5) is 0 Å². The van der Waals surface area contributed by atoms with E-state index in [0.717, 1.165) is 11.8 Å². The van der Waals surface area contributed by atoms with Crippen LogP contribution in [0.25, 0.3) is 0 Å². The summed E-state index contributed by atoms with van der Waals surface area (Å²) in [5, 5.41) is 0. The van der Waals surface area contributed by atoms with Gasteiger partial charge >= 0.3 is 0 Å². The summed E-state index contributed by atoms with van der Waals surface area (Å²) in [5.41, 5.74) is 0. The summed E-state index contributed by atoms with van der Waals surface area (Å²) in [6.45, 7) is 9.18. The molecular weight excluding hydrogens is 212 g/mol. The summed E-state index contributed by atoms with van der Waals surface area (Å²) in [6.07, 6.45) is 5.39. The van der Waals surface area contributed by atoms with Crippen LogP contribution >= 0.6 is 15.9 Å². The van der Waals surface area contributed by atoms with Gasteiger partial charge in [-0.1, -0.05) is 62.9 Å². The molecule has 0 aromatic carbocycles. The fourth-order valence-electron chi connectivity index (χ4n) is 1.73. The maximum atomic E-state index is 3.69. The fraction of sp³-hybridized carbons (Fsp3) is 1.00. The number of hydrogen-bond donors (Lipinski definition) is 0. The molecule has 2 atom stereocenters. The Balaban J connectivity index is 3.82. The number of rotatable bonds is 6. The molecule has 0 aliphatic rings. The lowest BCUT2D eigenvalue weighted by molar-refractivity contribution is 0.346. The Hall–Kier alpha value is 0.480. The van der Waals surface area contributed by atoms with Crippen LogP contribution in [0.3, 0.4) is 0 Å². The highest BCUT2D eigenvalue weighted by Gasteiger charge is 2.16. The van der Waals surface area contributed by atoms with Crippen LogP contribution in [-0.2, 0) is 0 Å². The van der Waals surface area contributed by atoms with E-state index in [-0.39, 0.29) is 0 Å². The zero-order valence-corrected chi connectivity index (χ0v) is 10.5. The van der Waals surface area contributed by atoms with E-state index in [4.69, 9.17) is 0 Å². The van der Waals surface area contributed by atoms with Gasteiger partial charge in [0.05, 0.1) is 0 Å². The number of alkyl halides is 1. The van der Waals surface area contributed by atoms with E-state index in [1.165, 1.54) is 25.7 Å². The topological polar surface area (TPSA) is 0 Å². The van der Waals surface area contributed by atoms with E-state index in [2.05, 4.69) is 43.6 Å². The molecule has 0 aromatic rings. The minimum absolute atomic E-state index is 0.683. The summed E-state index contributed by atoms with van der Waals surface area (Å²) in [6, 6.07) is 0. The van der Waals surface area contributed by atoms with Crippen molar-refractivity contribution in [3.8, 4) is 0 Å². The molecule has 0 aliphatic carbocycles. The van der Waals surface area contributed by atoms with Crippen LogP contribution in [0, 0.1) is 11.8 Å². The van der Waals surface area contributed by atoms with Gasteiger partial charge in [0.2, 0.25) is 0 Å². The summed E-state index contributed by atoms with van der Waals surface area (Å²) in [5.74, 6) is 1.81. The van der Waals surface area contributed by atoms with Gasteiger partial charge in [-0.25, -0.2) is 0 Å². The van der Waals surface area contributed by atoms with Crippen molar-refractivity contribution in [1.82, 2.24) is 0 Å². The van der Waals surface area contributed by atoms with Crippen molar-refractivity contribution in [2.75, 3.05) is 0 Å². The molecule has 0 spiro atoms. The summed E-state index contributed by atoms with van der Waals surface area (Å²) in [4.78, 5) is 0.683. The third kappa shape index (κ3) is 4.49. The minimum atomic E-state index is 0.683. The lowest BCUT2D eigenvalue weighted by atomic mass is 9.88. The molecule has 0 rings (SSSR count). The van der Waals surface area contributed by atoms with Gasteiger partial charge in [0, 0.05) is 4.83 Å². The van der Waals surface area contributed by atoms with Crippen molar-refractivity contribution < 1.29 is 0 Å². The van der Waals surface area contributed by atoms with Gasteiger partial charge in [0.1, 0.15) is 0 Å². The predicted molar refractivity (Wildman–Crippen MR) is 60.9 cm³/mol. The zero-order chi connectivity index (χ0) is 9.56. The van der Waals surface area contributed by atoms with Crippen LogP contribution in [-0.4, -0.2) is 4.83 Å². The fourth-order valence-corrected chi connectivity index (χ4v) is 2.32. The first-order valence-corrected chi connectivity index (χ1v) is 6.21. The standard InChI is InChI=1S/C11H23Br/c1-5-10(6-2)8-11(7-3)9(4)12/h9-11H,5-8H2,1-4H3. The second-order valence-electron chi connectivity index (χ2n) is 3.76. The lowest BCUT2D eigenvalue weighted by Crippen LogP contribution is -2.14. The van der Waals surface area contributed by atoms with E-state index in [1.54, 1.807) is 0 Å². The molecule has 0 amide bonds. The Kier molecular flexibility index (Phi) is 7.22. The maximum Gasteiger partial charge on any atom is 0.0145 e. The van der Waals surface area contributed by atoms with Crippen molar-refractivity contribution in [2.24, 2.45) is 11.8 Å². The molecule has 0 fully saturated rings. The molecule has 0 saturated heterocycles. The summed E-state index contributed by atoms with van der Waals surface area (Å²) in [7, 11) is 0. The third-order valence-electron chi connectivity index (χ3n) is 2.96. The van der Waals surface area contributed by atoms with E-state index in [1.807, 2.05) is 0 Å². The normalized spacial score (nSPS) is 16.5. The molecule has 0 aliphatic heterocycles. The van der Waals surface area contributed by atoms with Gasteiger partial charge in [0.15, 0.2) is 0 Å². The molecule has 0 bridgehead atoms. The van der Waals surface area contributed by atoms with Crippen molar-refractivity contribution in [2.45, 2.75) is 58.2 Å². The highest BCUT2D eigenvalue weighted by Crippen LogP contribution is 2.26. The van der Waals surface area contributed by atoms with Crippen molar-refractivity contribution in [1.29, 1.82) is 0 Å². The smallest absolute Gasteiger partial charge is 0.0145 e. The van der Waals surface area contributed by atoms with Gasteiger partial charge in [-0.3, -0.25) is 0 Å². The molecular formula is C11H23Br. The van der Waals surface area contributed by atoms with Crippen LogP contribution in [0.2, 0.25) is 0 Å². The van der Waals surface area contributed by atoms with E-state index >= 15 is 0 Å². The Morgan fingerprint density at radius 1 is 1.00 bits per heavy atom. The summed E-state index contributed by atoms with van der Waals surface area (Å²) >= 11 is 3.69. The lowest BCUT2D eigenvalue weighted by Gasteiger charge is -2.22. The first-order chi connectivity index (χ1) is 5.65. The van der Waals surface area contributed by atoms with Crippen molar-refractivity contribution in [3.63, 3.8) is 0 Å². The van der Waals surface area contributed by atoms with Crippen LogP contribution in [0.5, 0.6) is 0 Å². The largest absolute Gasteiger partial charge is 0.0891 e. The van der Waals surface area contributed by atoms with Gasteiger partial charge in [-0.05, 0) is 18.3 Å². The average Bonchev–Trinajstić information content (AvgIpc) is 2.06. The van der Waals surface area contributed by atoms with E-state index < -0.39 is 0 Å². The molecule has 0 heterocycles. The molecule has 0 radical (unpaired) electrons. The van der Waals surface area contributed by atoms with Crippen molar-refractivity contribution in [3.05, 3.63) is 0 Å². The number of halogens is 1. The van der Waals surface area contributed by atoms with Crippen molar-refractivity contribution >= 4 is 15.9 Å². The Labute approximate surface area is 86.3 Å². The SMILES string of the molecule is CCC(CC)CC(CC)C(C)Br. The highest BCUT2D eigenvalue weighted by atomic mass is 79.9. The van der Waals surface area contributed by atoms with Gasteiger partial charge < -0.3 is 0 Å². The molecule has 1 heteroatoms. The van der Waals surface area contributed by atoms with E-state index in [0.29, 0.717) is 4.83 Å². The zero-order valence-electron chi connectivity index (χ0n) is 8.94. The average molecular weight is 235 g/mol. The third-order valence-corrected chi connectivity index (χ3v) is 3.71. The molecule has 12 heavy (non-hydrogen) atoms. The second-order valence-corrected chi connectivity index (χ2v) is 5.21. The molecule has 74 valence electrons. The van der Waals surface area contributed by atoms with Crippen LogP contribution in [0.15, 0.2) is 0 Å². The first kappa shape index (κ1) is 12.5. The maximum absolute atomic E-state index is 3.69. The highest BCUT2D eigenvalue weighted by molar-refractivity contribution is 9.09. The molecule has 0 saturated carbocycles. The predicted octanol–water partition coefficient (Wildman–Crippen LogP) is 4.62. The van der Waals surface area contributed by atoms with Gasteiger partial charge in [-0.2, -0.15) is 0 Å². The van der Waals surface area contributed by atoms with E-state index in [9.17, 15) is 0 Å². The minimum Gasteiger partial charge on any atom is -0.0891 e. The second kappa shape index (κ2) is 6.94. The Bertz CT molecular complexity index is 95.2. The quantitative estimate of drug-likeness (QED) is 0.589. The Morgan fingerprint density at radius 3 is 1.75 bits per heavy atom. The van der Waals surface area contributed by atoms with Crippen LogP contribution in [0.1, 0.15) is 53.4 Å². The molecule has 0 nitrogen and oxygen atoms in total.